The first-order chi connectivity index (χ1) is 13.4. The number of amides is 1. The van der Waals surface area contributed by atoms with E-state index in [9.17, 15) is 10.1 Å². The third-order valence-electron chi connectivity index (χ3n) is 5.23. The lowest BCUT2D eigenvalue weighted by Gasteiger charge is -2.28. The first-order valence-electron chi connectivity index (χ1n) is 9.69. The van der Waals surface area contributed by atoms with Crippen LogP contribution in [0.3, 0.4) is 0 Å². The number of benzene rings is 2. The summed E-state index contributed by atoms with van der Waals surface area (Å²) in [4.78, 5) is 13.3. The SMILES string of the molecule is CC(C)COc1ccc(NC(=O)C2(c3ccc(Cl)cc3)CCCC2)c(C#N)c1. The van der Waals surface area contributed by atoms with E-state index < -0.39 is 5.41 Å². The minimum Gasteiger partial charge on any atom is -0.493 e. The summed E-state index contributed by atoms with van der Waals surface area (Å²) in [7, 11) is 0. The molecule has 28 heavy (non-hydrogen) atoms. The number of carbonyl (C=O) groups is 1. The van der Waals surface area contributed by atoms with E-state index in [0.717, 1.165) is 31.2 Å². The van der Waals surface area contributed by atoms with Gasteiger partial charge in [0.05, 0.1) is 23.3 Å². The van der Waals surface area contributed by atoms with Crippen molar-refractivity contribution in [2.75, 3.05) is 11.9 Å². The van der Waals surface area contributed by atoms with E-state index in [0.29, 0.717) is 34.5 Å². The Morgan fingerprint density at radius 2 is 1.89 bits per heavy atom. The molecule has 1 N–H and O–H groups in total. The van der Waals surface area contributed by atoms with E-state index in [-0.39, 0.29) is 5.91 Å². The lowest BCUT2D eigenvalue weighted by Crippen LogP contribution is -2.38. The zero-order valence-corrected chi connectivity index (χ0v) is 17.1. The summed E-state index contributed by atoms with van der Waals surface area (Å²) < 4.78 is 5.69. The normalized spacial score (nSPS) is 15.2. The molecular weight excluding hydrogens is 372 g/mol. The maximum atomic E-state index is 13.3. The second-order valence-electron chi connectivity index (χ2n) is 7.77. The number of nitrogens with zero attached hydrogens (tertiary/aromatic N) is 1. The largest absolute Gasteiger partial charge is 0.493 e. The molecule has 0 saturated heterocycles. The van der Waals surface area contributed by atoms with Crippen molar-refractivity contribution in [3.63, 3.8) is 0 Å². The summed E-state index contributed by atoms with van der Waals surface area (Å²) in [5.41, 5.74) is 1.32. The van der Waals surface area contributed by atoms with Gasteiger partial charge in [0.2, 0.25) is 5.91 Å². The van der Waals surface area contributed by atoms with Gasteiger partial charge in [0.1, 0.15) is 11.8 Å². The van der Waals surface area contributed by atoms with Crippen molar-refractivity contribution in [3.05, 3.63) is 58.6 Å². The number of anilines is 1. The van der Waals surface area contributed by atoms with Gasteiger partial charge in [0.25, 0.3) is 0 Å². The van der Waals surface area contributed by atoms with Gasteiger partial charge in [-0.25, -0.2) is 0 Å². The van der Waals surface area contributed by atoms with E-state index in [1.54, 1.807) is 18.2 Å². The maximum Gasteiger partial charge on any atom is 0.235 e. The molecule has 0 unspecified atom stereocenters. The van der Waals surface area contributed by atoms with E-state index in [2.05, 4.69) is 25.2 Å². The smallest absolute Gasteiger partial charge is 0.235 e. The maximum absolute atomic E-state index is 13.3. The Kier molecular flexibility index (Phi) is 6.26. The van der Waals surface area contributed by atoms with Crippen LogP contribution in [0.15, 0.2) is 42.5 Å². The van der Waals surface area contributed by atoms with Gasteiger partial charge in [0.15, 0.2) is 0 Å². The van der Waals surface area contributed by atoms with Crippen LogP contribution in [0, 0.1) is 17.2 Å². The fraction of sp³-hybridized carbons (Fsp3) is 0.391. The van der Waals surface area contributed by atoms with Crippen LogP contribution in [-0.4, -0.2) is 12.5 Å². The second-order valence-corrected chi connectivity index (χ2v) is 8.21. The quantitative estimate of drug-likeness (QED) is 0.681. The van der Waals surface area contributed by atoms with Crippen LogP contribution in [0.2, 0.25) is 5.02 Å². The predicted molar refractivity (Wildman–Crippen MR) is 112 cm³/mol. The topological polar surface area (TPSA) is 62.1 Å². The highest BCUT2D eigenvalue weighted by molar-refractivity contribution is 6.30. The van der Waals surface area contributed by atoms with Crippen molar-refractivity contribution >= 4 is 23.2 Å². The van der Waals surface area contributed by atoms with Crippen LogP contribution < -0.4 is 10.1 Å². The van der Waals surface area contributed by atoms with Crippen molar-refractivity contribution in [1.82, 2.24) is 0 Å². The summed E-state index contributed by atoms with van der Waals surface area (Å²) in [6, 6.07) is 14.9. The molecule has 1 fully saturated rings. The molecule has 0 bridgehead atoms. The Hall–Kier alpha value is -2.51. The van der Waals surface area contributed by atoms with E-state index in [1.807, 2.05) is 24.3 Å². The van der Waals surface area contributed by atoms with Crippen LogP contribution in [0.1, 0.15) is 50.7 Å². The summed E-state index contributed by atoms with van der Waals surface area (Å²) in [5.74, 6) is 0.961. The third-order valence-corrected chi connectivity index (χ3v) is 5.48. The Balaban J connectivity index is 1.84. The summed E-state index contributed by atoms with van der Waals surface area (Å²) >= 11 is 6.02. The molecule has 3 rings (SSSR count). The highest BCUT2D eigenvalue weighted by atomic mass is 35.5. The molecule has 1 saturated carbocycles. The minimum atomic E-state index is -0.579. The standard InChI is InChI=1S/C23H25ClN2O2/c1-16(2)15-28-20-9-10-21(17(13-20)14-25)26-22(27)23(11-3-4-12-23)18-5-7-19(24)8-6-18/h5-10,13,16H,3-4,11-12,15H2,1-2H3,(H,26,27). The minimum absolute atomic E-state index is 0.0697. The van der Waals surface area contributed by atoms with Crippen molar-refractivity contribution in [1.29, 1.82) is 5.26 Å². The van der Waals surface area contributed by atoms with E-state index in [4.69, 9.17) is 16.3 Å². The molecule has 2 aromatic rings. The second kappa shape index (κ2) is 8.67. The summed E-state index contributed by atoms with van der Waals surface area (Å²) in [6.07, 6.45) is 3.59. The Bertz CT molecular complexity index is 878. The Morgan fingerprint density at radius 1 is 1.21 bits per heavy atom. The molecule has 0 heterocycles. The van der Waals surface area contributed by atoms with Crippen molar-refractivity contribution in [2.24, 2.45) is 5.92 Å². The van der Waals surface area contributed by atoms with Crippen molar-refractivity contribution in [2.45, 2.75) is 44.9 Å². The van der Waals surface area contributed by atoms with Crippen molar-refractivity contribution < 1.29 is 9.53 Å². The molecular formula is C23H25ClN2O2. The van der Waals surface area contributed by atoms with Crippen LogP contribution in [0.25, 0.3) is 0 Å². The van der Waals surface area contributed by atoms with E-state index in [1.165, 1.54) is 0 Å². The molecule has 1 amide bonds. The van der Waals surface area contributed by atoms with Gasteiger partial charge in [-0.2, -0.15) is 5.26 Å². The van der Waals surface area contributed by atoms with Gasteiger partial charge in [-0.15, -0.1) is 0 Å². The third kappa shape index (κ3) is 4.31. The first-order valence-corrected chi connectivity index (χ1v) is 10.1. The molecule has 0 atom stereocenters. The predicted octanol–water partition coefficient (Wildman–Crippen LogP) is 5.70. The number of hydrogen-bond acceptors (Lipinski definition) is 3. The van der Waals surface area contributed by atoms with Gasteiger partial charge in [-0.3, -0.25) is 4.79 Å². The van der Waals surface area contributed by atoms with Gasteiger partial charge in [-0.1, -0.05) is 50.4 Å². The number of hydrogen-bond donors (Lipinski definition) is 1. The zero-order valence-electron chi connectivity index (χ0n) is 16.3. The molecule has 0 radical (unpaired) electrons. The van der Waals surface area contributed by atoms with Crippen LogP contribution in [0.4, 0.5) is 5.69 Å². The average molecular weight is 397 g/mol. The molecule has 0 spiro atoms. The lowest BCUT2D eigenvalue weighted by molar-refractivity contribution is -0.121. The highest BCUT2D eigenvalue weighted by Gasteiger charge is 2.42. The number of nitriles is 1. The molecule has 0 aromatic heterocycles. The fourth-order valence-electron chi connectivity index (χ4n) is 3.71. The lowest BCUT2D eigenvalue weighted by atomic mass is 9.78. The van der Waals surface area contributed by atoms with Crippen LogP contribution in [0.5, 0.6) is 5.75 Å². The number of rotatable bonds is 6. The monoisotopic (exact) mass is 396 g/mol. The molecule has 146 valence electrons. The number of halogens is 1. The van der Waals surface area contributed by atoms with Crippen LogP contribution in [-0.2, 0) is 10.2 Å². The van der Waals surface area contributed by atoms with E-state index >= 15 is 0 Å². The number of nitrogens with one attached hydrogen (secondary N) is 1. The summed E-state index contributed by atoms with van der Waals surface area (Å²) in [6.45, 7) is 4.71. The summed E-state index contributed by atoms with van der Waals surface area (Å²) in [5, 5.41) is 13.2. The Labute approximate surface area is 171 Å². The van der Waals surface area contributed by atoms with Crippen molar-refractivity contribution in [3.8, 4) is 11.8 Å². The molecule has 5 heteroatoms. The zero-order chi connectivity index (χ0) is 20.1. The van der Waals surface area contributed by atoms with Crippen LogP contribution >= 0.6 is 11.6 Å². The highest BCUT2D eigenvalue weighted by Crippen LogP contribution is 2.42. The molecule has 1 aliphatic carbocycles. The fourth-order valence-corrected chi connectivity index (χ4v) is 3.84. The van der Waals surface area contributed by atoms with Gasteiger partial charge < -0.3 is 10.1 Å². The molecule has 1 aliphatic rings. The Morgan fingerprint density at radius 3 is 2.50 bits per heavy atom. The molecule has 4 nitrogen and oxygen atoms in total. The molecule has 2 aromatic carbocycles. The number of carbonyl (C=O) groups excluding carboxylic acids is 1. The molecule has 0 aliphatic heterocycles. The number of ether oxygens (including phenoxy) is 1. The van der Waals surface area contributed by atoms with Gasteiger partial charge >= 0.3 is 0 Å². The van der Waals surface area contributed by atoms with Gasteiger partial charge in [-0.05, 0) is 54.7 Å². The average Bonchev–Trinajstić information content (AvgIpc) is 3.18. The van der Waals surface area contributed by atoms with Gasteiger partial charge in [0, 0.05) is 5.02 Å². The first kappa shape index (κ1) is 20.2.